The summed E-state index contributed by atoms with van der Waals surface area (Å²) in [5.41, 5.74) is 0.586. The van der Waals surface area contributed by atoms with Gasteiger partial charge in [0.05, 0.1) is 15.8 Å². The molecule has 0 radical (unpaired) electrons. The quantitative estimate of drug-likeness (QED) is 0.573. The Hall–Kier alpha value is -1.44. The number of aryl methyl sites for hydroxylation is 1. The number of carbonyl (C=O) groups excluding carboxylic acids is 1. The average molecular weight is 374 g/mol. The van der Waals surface area contributed by atoms with Crippen LogP contribution in [-0.2, 0) is 11.2 Å². The smallest absolute Gasteiger partial charge is 0.234 e. The number of nitrogen functional groups attached to an aromatic ring is 1. The Morgan fingerprint density at radius 2 is 2.13 bits per heavy atom. The zero-order valence-electron chi connectivity index (χ0n) is 12.6. The van der Waals surface area contributed by atoms with Crippen molar-refractivity contribution >= 4 is 46.6 Å². The minimum atomic E-state index is -0.188. The van der Waals surface area contributed by atoms with Gasteiger partial charge in [-0.15, -0.1) is 10.2 Å². The van der Waals surface area contributed by atoms with Crippen LogP contribution in [0.1, 0.15) is 25.6 Å². The molecular weight excluding hydrogens is 357 g/mol. The number of anilines is 1. The first-order chi connectivity index (χ1) is 11.0. The molecule has 0 unspecified atom stereocenters. The van der Waals surface area contributed by atoms with Crippen LogP contribution in [0.4, 0.5) is 5.69 Å². The summed E-state index contributed by atoms with van der Waals surface area (Å²) in [7, 11) is 0. The molecule has 6 nitrogen and oxygen atoms in total. The molecule has 23 heavy (non-hydrogen) atoms. The van der Waals surface area contributed by atoms with Gasteiger partial charge < -0.3 is 11.2 Å². The Morgan fingerprint density at radius 3 is 2.83 bits per heavy atom. The second kappa shape index (κ2) is 8.42. The van der Waals surface area contributed by atoms with E-state index in [9.17, 15) is 4.79 Å². The van der Waals surface area contributed by atoms with Crippen molar-refractivity contribution in [2.24, 2.45) is 0 Å². The summed E-state index contributed by atoms with van der Waals surface area (Å²) in [5.74, 6) is 6.63. The van der Waals surface area contributed by atoms with Crippen molar-refractivity contribution in [1.82, 2.24) is 14.9 Å². The normalized spacial score (nSPS) is 10.7. The van der Waals surface area contributed by atoms with E-state index in [1.807, 2.05) is 0 Å². The van der Waals surface area contributed by atoms with Crippen molar-refractivity contribution in [3.8, 4) is 0 Å². The van der Waals surface area contributed by atoms with Crippen LogP contribution in [0, 0.1) is 0 Å². The molecule has 0 saturated carbocycles. The molecule has 1 aromatic heterocycles. The fourth-order valence-corrected chi connectivity index (χ4v) is 2.79. The van der Waals surface area contributed by atoms with Gasteiger partial charge in [-0.3, -0.25) is 4.79 Å². The number of amides is 1. The molecule has 1 aromatic carbocycles. The van der Waals surface area contributed by atoms with E-state index < -0.39 is 0 Å². The van der Waals surface area contributed by atoms with Gasteiger partial charge in [-0.1, -0.05) is 48.3 Å². The lowest BCUT2D eigenvalue weighted by Crippen LogP contribution is -2.17. The summed E-state index contributed by atoms with van der Waals surface area (Å²) in [4.78, 5) is 12.0. The lowest BCUT2D eigenvalue weighted by atomic mass is 10.2. The largest absolute Gasteiger partial charge is 0.336 e. The molecule has 0 fully saturated rings. The second-order valence-electron chi connectivity index (χ2n) is 4.84. The number of hydrogen-bond donors (Lipinski definition) is 2. The number of nitrogens with zero attached hydrogens (tertiary/aromatic N) is 3. The molecule has 0 aliphatic rings. The van der Waals surface area contributed by atoms with Crippen LogP contribution in [-0.4, -0.2) is 26.5 Å². The summed E-state index contributed by atoms with van der Waals surface area (Å²) < 4.78 is 1.44. The van der Waals surface area contributed by atoms with Gasteiger partial charge in [0.2, 0.25) is 11.1 Å². The van der Waals surface area contributed by atoms with E-state index in [-0.39, 0.29) is 11.7 Å². The highest BCUT2D eigenvalue weighted by Gasteiger charge is 2.12. The molecule has 0 saturated heterocycles. The summed E-state index contributed by atoms with van der Waals surface area (Å²) in [6, 6.07) is 4.91. The first-order valence-corrected chi connectivity index (χ1v) is 8.82. The molecule has 0 bridgehead atoms. The van der Waals surface area contributed by atoms with Gasteiger partial charge in [-0.25, -0.2) is 4.68 Å². The number of carbonyl (C=O) groups is 1. The van der Waals surface area contributed by atoms with E-state index in [1.165, 1.54) is 16.4 Å². The summed E-state index contributed by atoms with van der Waals surface area (Å²) in [6.45, 7) is 2.10. The molecule has 0 aliphatic carbocycles. The zero-order valence-corrected chi connectivity index (χ0v) is 14.9. The van der Waals surface area contributed by atoms with Crippen LogP contribution in [0.25, 0.3) is 0 Å². The predicted octanol–water partition coefficient (Wildman–Crippen LogP) is 3.37. The van der Waals surface area contributed by atoms with Crippen molar-refractivity contribution in [3.05, 3.63) is 34.1 Å². The molecule has 0 aliphatic heterocycles. The highest BCUT2D eigenvalue weighted by molar-refractivity contribution is 7.99. The molecule has 124 valence electrons. The van der Waals surface area contributed by atoms with Crippen molar-refractivity contribution < 1.29 is 4.79 Å². The first-order valence-electron chi connectivity index (χ1n) is 7.08. The lowest BCUT2D eigenvalue weighted by Gasteiger charge is -2.06. The van der Waals surface area contributed by atoms with Crippen LogP contribution < -0.4 is 11.2 Å². The minimum Gasteiger partial charge on any atom is -0.336 e. The highest BCUT2D eigenvalue weighted by atomic mass is 35.5. The number of thioether (sulfide) groups is 1. The maximum atomic E-state index is 12.0. The van der Waals surface area contributed by atoms with Crippen molar-refractivity contribution in [2.45, 2.75) is 31.3 Å². The van der Waals surface area contributed by atoms with Crippen LogP contribution >= 0.6 is 35.0 Å². The minimum absolute atomic E-state index is 0.170. The highest BCUT2D eigenvalue weighted by Crippen LogP contribution is 2.25. The summed E-state index contributed by atoms with van der Waals surface area (Å²) in [5, 5.41) is 12.1. The van der Waals surface area contributed by atoms with E-state index in [0.717, 1.165) is 25.1 Å². The topological polar surface area (TPSA) is 85.8 Å². The molecule has 3 N–H and O–H groups in total. The van der Waals surface area contributed by atoms with Crippen LogP contribution in [0.3, 0.4) is 0 Å². The summed E-state index contributed by atoms with van der Waals surface area (Å²) >= 11 is 13.0. The summed E-state index contributed by atoms with van der Waals surface area (Å²) in [6.07, 6.45) is 2.83. The average Bonchev–Trinajstić information content (AvgIpc) is 2.87. The van der Waals surface area contributed by atoms with Gasteiger partial charge in [0, 0.05) is 12.1 Å². The standard InChI is InChI=1S/C14H17Cl2N5OS/c1-2-3-4-12-19-20-14(21(12)17)23-8-13(22)18-9-5-6-10(15)11(16)7-9/h5-7H,2-4,8,17H2,1H3,(H,18,22). The molecule has 2 aromatic rings. The SMILES string of the molecule is CCCCc1nnc(SCC(=O)Nc2ccc(Cl)c(Cl)c2)n1N. The van der Waals surface area contributed by atoms with E-state index in [4.69, 9.17) is 29.0 Å². The predicted molar refractivity (Wildman–Crippen MR) is 94.6 cm³/mol. The molecule has 2 rings (SSSR count). The lowest BCUT2D eigenvalue weighted by molar-refractivity contribution is -0.113. The van der Waals surface area contributed by atoms with Crippen LogP contribution in [0.2, 0.25) is 10.0 Å². The maximum absolute atomic E-state index is 12.0. The Morgan fingerprint density at radius 1 is 1.35 bits per heavy atom. The van der Waals surface area contributed by atoms with Crippen LogP contribution in [0.15, 0.2) is 23.4 Å². The molecule has 9 heteroatoms. The first kappa shape index (κ1) is 17.9. The molecular formula is C14H17Cl2N5OS. The number of unbranched alkanes of at least 4 members (excludes halogenated alkanes) is 1. The van der Waals surface area contributed by atoms with E-state index in [0.29, 0.717) is 20.9 Å². The Kier molecular flexibility index (Phi) is 6.56. The third-order valence-electron chi connectivity index (χ3n) is 3.02. The number of hydrogen-bond acceptors (Lipinski definition) is 5. The van der Waals surface area contributed by atoms with Gasteiger partial charge in [0.15, 0.2) is 5.82 Å². The Labute approximate surface area is 148 Å². The Balaban J connectivity index is 1.89. The van der Waals surface area contributed by atoms with E-state index in [2.05, 4.69) is 22.4 Å². The fraction of sp³-hybridized carbons (Fsp3) is 0.357. The van der Waals surface area contributed by atoms with Gasteiger partial charge in [0.25, 0.3) is 0 Å². The van der Waals surface area contributed by atoms with Crippen molar-refractivity contribution in [3.63, 3.8) is 0 Å². The van der Waals surface area contributed by atoms with Crippen molar-refractivity contribution in [1.29, 1.82) is 0 Å². The number of nitrogens with two attached hydrogens (primary N) is 1. The van der Waals surface area contributed by atoms with E-state index in [1.54, 1.807) is 18.2 Å². The Bertz CT molecular complexity index is 692. The second-order valence-corrected chi connectivity index (χ2v) is 6.59. The fourth-order valence-electron chi connectivity index (χ4n) is 1.81. The van der Waals surface area contributed by atoms with Gasteiger partial charge in [-0.2, -0.15) is 0 Å². The number of aromatic nitrogens is 3. The molecule has 0 spiro atoms. The number of benzene rings is 1. The maximum Gasteiger partial charge on any atom is 0.234 e. The zero-order chi connectivity index (χ0) is 16.8. The van der Waals surface area contributed by atoms with E-state index >= 15 is 0 Å². The molecule has 1 amide bonds. The number of rotatable bonds is 7. The van der Waals surface area contributed by atoms with Crippen LogP contribution in [0.5, 0.6) is 0 Å². The monoisotopic (exact) mass is 373 g/mol. The number of nitrogens with one attached hydrogen (secondary N) is 1. The molecule has 0 atom stereocenters. The van der Waals surface area contributed by atoms with Gasteiger partial charge >= 0.3 is 0 Å². The third-order valence-corrected chi connectivity index (χ3v) is 4.71. The van der Waals surface area contributed by atoms with Gasteiger partial charge in [0.1, 0.15) is 0 Å². The number of halogens is 2. The van der Waals surface area contributed by atoms with Gasteiger partial charge in [-0.05, 0) is 24.6 Å². The third kappa shape index (κ3) is 5.02. The molecule has 1 heterocycles. The van der Waals surface area contributed by atoms with Crippen molar-refractivity contribution in [2.75, 3.05) is 16.9 Å².